The largest absolute Gasteiger partial charge is 0.616 e. The van der Waals surface area contributed by atoms with Crippen molar-refractivity contribution in [1.29, 1.82) is 0 Å². The molecule has 5 heteroatoms. The van der Waals surface area contributed by atoms with Gasteiger partial charge in [0.15, 0.2) is 12.8 Å². The van der Waals surface area contributed by atoms with E-state index in [0.29, 0.717) is 16.3 Å². The van der Waals surface area contributed by atoms with Crippen LogP contribution in [0.2, 0.25) is 0 Å². The average Bonchev–Trinajstić information content (AvgIpc) is 2.54. The first-order valence-electron chi connectivity index (χ1n) is 7.31. The molecule has 5 nitrogen and oxygen atoms in total. The predicted octanol–water partition coefficient (Wildman–Crippen LogP) is 2.85. The summed E-state index contributed by atoms with van der Waals surface area (Å²) in [5.41, 5.74) is 1.96. The van der Waals surface area contributed by atoms with Crippen LogP contribution in [0, 0.1) is 5.21 Å². The lowest BCUT2D eigenvalue weighted by atomic mass is 9.99. The van der Waals surface area contributed by atoms with Crippen molar-refractivity contribution in [1.82, 2.24) is 0 Å². The number of hydrogen-bond donors (Lipinski definition) is 1. The van der Waals surface area contributed by atoms with Gasteiger partial charge in [-0.15, -0.1) is 4.73 Å². The van der Waals surface area contributed by atoms with Crippen LogP contribution in [-0.4, -0.2) is 12.5 Å². The maximum absolute atomic E-state index is 11.8. The lowest BCUT2D eigenvalue weighted by Gasteiger charge is -2.10. The van der Waals surface area contributed by atoms with Gasteiger partial charge in [-0.25, -0.2) is 0 Å². The summed E-state index contributed by atoms with van der Waals surface area (Å²) in [5.74, 6) is 0.295. The molecule has 2 rings (SSSR count). The fraction of sp³-hybridized carbons (Fsp3) is 0.294. The lowest BCUT2D eigenvalue weighted by molar-refractivity contribution is -0.612. The molecule has 0 aliphatic carbocycles. The molecule has 0 bridgehead atoms. The van der Waals surface area contributed by atoms with E-state index >= 15 is 0 Å². The number of aromatic nitrogens is 1. The van der Waals surface area contributed by atoms with Gasteiger partial charge in [0.05, 0.1) is 6.07 Å². The Morgan fingerprint density at radius 3 is 2.64 bits per heavy atom. The fourth-order valence-electron chi connectivity index (χ4n) is 1.99. The predicted molar refractivity (Wildman–Crippen MR) is 84.7 cm³/mol. The zero-order valence-corrected chi connectivity index (χ0v) is 12.8. The maximum atomic E-state index is 11.8. The molecule has 0 aliphatic rings. The zero-order valence-electron chi connectivity index (χ0n) is 12.8. The van der Waals surface area contributed by atoms with E-state index in [-0.39, 0.29) is 18.4 Å². The molecule has 1 aromatic carbocycles. The minimum Gasteiger partial charge on any atom is -0.616 e. The Hall–Kier alpha value is -2.56. The second-order valence-corrected chi connectivity index (χ2v) is 5.13. The first kappa shape index (κ1) is 15.8. The van der Waals surface area contributed by atoms with Gasteiger partial charge in [0.1, 0.15) is 0 Å². The van der Waals surface area contributed by atoms with E-state index in [9.17, 15) is 10.0 Å². The van der Waals surface area contributed by atoms with Crippen LogP contribution in [0.1, 0.15) is 31.7 Å². The molecule has 0 aliphatic heterocycles. The van der Waals surface area contributed by atoms with Gasteiger partial charge in [0.25, 0.3) is 5.91 Å². The van der Waals surface area contributed by atoms with Crippen LogP contribution in [0.5, 0.6) is 5.88 Å². The van der Waals surface area contributed by atoms with E-state index in [0.717, 1.165) is 6.42 Å². The Labute approximate surface area is 130 Å². The molecular weight excluding hydrogens is 280 g/mol. The van der Waals surface area contributed by atoms with E-state index in [1.54, 1.807) is 12.1 Å². The number of amides is 1. The van der Waals surface area contributed by atoms with Crippen molar-refractivity contribution in [2.24, 2.45) is 0 Å². The molecule has 1 N–H and O–H groups in total. The molecule has 0 fully saturated rings. The number of nitrogens with zero attached hydrogens (tertiary/aromatic N) is 1. The Morgan fingerprint density at radius 1 is 1.27 bits per heavy atom. The molecule has 1 heterocycles. The van der Waals surface area contributed by atoms with Crippen LogP contribution >= 0.6 is 0 Å². The SMILES string of the molecule is CC[C@H](C)c1ccc(NC(=O)COc2cccc[n+]2[O-])cc1. The Kier molecular flexibility index (Phi) is 5.36. The highest BCUT2D eigenvalue weighted by Gasteiger charge is 2.09. The molecule has 1 amide bonds. The topological polar surface area (TPSA) is 65.3 Å². The average molecular weight is 300 g/mol. The van der Waals surface area contributed by atoms with Gasteiger partial charge in [-0.2, -0.15) is 0 Å². The number of nitrogens with one attached hydrogen (secondary N) is 1. The Morgan fingerprint density at radius 2 is 2.00 bits per heavy atom. The van der Waals surface area contributed by atoms with E-state index in [4.69, 9.17) is 4.74 Å². The number of carbonyl (C=O) groups is 1. The lowest BCUT2D eigenvalue weighted by Crippen LogP contribution is -2.30. The van der Waals surface area contributed by atoms with Crippen LogP contribution in [0.15, 0.2) is 48.7 Å². The highest BCUT2D eigenvalue weighted by molar-refractivity contribution is 5.91. The quantitative estimate of drug-likeness (QED) is 0.659. The smallest absolute Gasteiger partial charge is 0.379 e. The van der Waals surface area contributed by atoms with Gasteiger partial charge in [0.2, 0.25) is 0 Å². The minimum atomic E-state index is -0.305. The third-order valence-electron chi connectivity index (χ3n) is 3.52. The molecule has 0 saturated heterocycles. The zero-order chi connectivity index (χ0) is 15.9. The maximum Gasteiger partial charge on any atom is 0.379 e. The number of ether oxygens (including phenoxy) is 1. The number of pyridine rings is 1. The normalized spacial score (nSPS) is 11.7. The van der Waals surface area contributed by atoms with Gasteiger partial charge in [-0.3, -0.25) is 4.79 Å². The molecule has 0 radical (unpaired) electrons. The van der Waals surface area contributed by atoms with Crippen LogP contribution in [0.25, 0.3) is 0 Å². The standard InChI is InChI=1S/C17H20N2O3/c1-3-13(2)14-7-9-15(10-8-14)18-16(20)12-22-17-6-4-5-11-19(17)21/h4-11,13H,3,12H2,1-2H3,(H,18,20)/t13-/m0/s1. The highest BCUT2D eigenvalue weighted by atomic mass is 16.6. The second kappa shape index (κ2) is 7.45. The number of anilines is 1. The summed E-state index contributed by atoms with van der Waals surface area (Å²) in [5, 5.41) is 14.1. The van der Waals surface area contributed by atoms with Crippen molar-refractivity contribution < 1.29 is 14.3 Å². The van der Waals surface area contributed by atoms with Crippen LogP contribution in [-0.2, 0) is 4.79 Å². The van der Waals surface area contributed by atoms with Crippen LogP contribution in [0.3, 0.4) is 0 Å². The minimum absolute atomic E-state index is 0.102. The fourth-order valence-corrected chi connectivity index (χ4v) is 1.99. The van der Waals surface area contributed by atoms with E-state index in [1.807, 2.05) is 24.3 Å². The third kappa shape index (κ3) is 4.22. The molecule has 0 unspecified atom stereocenters. The van der Waals surface area contributed by atoms with Crippen LogP contribution in [0.4, 0.5) is 5.69 Å². The van der Waals surface area contributed by atoms with Crippen molar-refractivity contribution in [2.75, 3.05) is 11.9 Å². The number of hydrogen-bond acceptors (Lipinski definition) is 3. The van der Waals surface area contributed by atoms with Gasteiger partial charge >= 0.3 is 5.88 Å². The van der Waals surface area contributed by atoms with Gasteiger partial charge in [0, 0.05) is 11.8 Å². The van der Waals surface area contributed by atoms with Crippen molar-refractivity contribution in [3.63, 3.8) is 0 Å². The Balaban J connectivity index is 1.88. The van der Waals surface area contributed by atoms with Gasteiger partial charge < -0.3 is 15.3 Å². The summed E-state index contributed by atoms with van der Waals surface area (Å²) < 4.78 is 5.77. The summed E-state index contributed by atoms with van der Waals surface area (Å²) in [6, 6.07) is 12.5. The summed E-state index contributed by atoms with van der Waals surface area (Å²) in [7, 11) is 0. The number of carbonyl (C=O) groups excluding carboxylic acids is 1. The van der Waals surface area contributed by atoms with Crippen molar-refractivity contribution in [3.05, 3.63) is 59.4 Å². The first-order valence-corrected chi connectivity index (χ1v) is 7.31. The van der Waals surface area contributed by atoms with Crippen molar-refractivity contribution in [2.45, 2.75) is 26.2 Å². The second-order valence-electron chi connectivity index (χ2n) is 5.13. The molecule has 2 aromatic rings. The summed E-state index contributed by atoms with van der Waals surface area (Å²) in [6.07, 6.45) is 2.40. The van der Waals surface area contributed by atoms with Gasteiger partial charge in [-0.05, 0) is 36.1 Å². The summed E-state index contributed by atoms with van der Waals surface area (Å²) in [4.78, 5) is 11.8. The van der Waals surface area contributed by atoms with E-state index in [1.165, 1.54) is 17.8 Å². The molecule has 0 spiro atoms. The van der Waals surface area contributed by atoms with Crippen molar-refractivity contribution in [3.8, 4) is 5.88 Å². The Bertz CT molecular complexity index is 626. The van der Waals surface area contributed by atoms with Crippen LogP contribution < -0.4 is 14.8 Å². The highest BCUT2D eigenvalue weighted by Crippen LogP contribution is 2.20. The number of rotatable bonds is 6. The molecule has 0 saturated carbocycles. The molecule has 1 atom stereocenters. The third-order valence-corrected chi connectivity index (χ3v) is 3.52. The first-order chi connectivity index (χ1) is 10.6. The van der Waals surface area contributed by atoms with Crippen molar-refractivity contribution >= 4 is 11.6 Å². The molecule has 1 aromatic heterocycles. The molecular formula is C17H20N2O3. The van der Waals surface area contributed by atoms with E-state index < -0.39 is 0 Å². The molecule has 22 heavy (non-hydrogen) atoms. The summed E-state index contributed by atoms with van der Waals surface area (Å²) >= 11 is 0. The van der Waals surface area contributed by atoms with Gasteiger partial charge in [-0.1, -0.05) is 26.0 Å². The molecule has 116 valence electrons. The van der Waals surface area contributed by atoms with E-state index in [2.05, 4.69) is 19.2 Å². The number of benzene rings is 1. The monoisotopic (exact) mass is 300 g/mol. The summed E-state index contributed by atoms with van der Waals surface area (Å²) in [6.45, 7) is 4.10.